The highest BCUT2D eigenvalue weighted by Crippen LogP contribution is 2.21. The molecule has 29 heavy (non-hydrogen) atoms. The van der Waals surface area contributed by atoms with Crippen LogP contribution in [0.4, 0.5) is 5.82 Å². The lowest BCUT2D eigenvalue weighted by molar-refractivity contribution is 0.346. The van der Waals surface area contributed by atoms with Gasteiger partial charge >= 0.3 is 0 Å². The van der Waals surface area contributed by atoms with Gasteiger partial charge in [-0.2, -0.15) is 9.40 Å². The number of pyridine rings is 1. The van der Waals surface area contributed by atoms with E-state index in [1.807, 2.05) is 48.1 Å². The third-order valence-electron chi connectivity index (χ3n) is 5.11. The molecule has 4 rings (SSSR count). The van der Waals surface area contributed by atoms with Crippen molar-refractivity contribution in [1.82, 2.24) is 19.1 Å². The summed E-state index contributed by atoms with van der Waals surface area (Å²) >= 11 is 0. The first-order valence-electron chi connectivity index (χ1n) is 9.85. The van der Waals surface area contributed by atoms with Crippen LogP contribution in [0.3, 0.4) is 0 Å². The number of hydrogen-bond donors (Lipinski definition) is 1. The van der Waals surface area contributed by atoms with E-state index in [4.69, 9.17) is 0 Å². The number of para-hydroxylation sites is 1. The number of aryl methyl sites for hydroxylation is 1. The Hall–Kier alpha value is -2.71. The molecule has 8 heteroatoms. The van der Waals surface area contributed by atoms with Gasteiger partial charge in [-0.15, -0.1) is 0 Å². The zero-order valence-electron chi connectivity index (χ0n) is 16.5. The molecule has 0 radical (unpaired) electrons. The van der Waals surface area contributed by atoms with E-state index in [0.717, 1.165) is 36.2 Å². The molecule has 1 aromatic carbocycles. The predicted octanol–water partition coefficient (Wildman–Crippen LogP) is 3.36. The summed E-state index contributed by atoms with van der Waals surface area (Å²) in [5, 5.41) is 7.76. The summed E-state index contributed by atoms with van der Waals surface area (Å²) in [6.45, 7) is 3.69. The van der Waals surface area contributed by atoms with Crippen LogP contribution < -0.4 is 5.32 Å². The minimum Gasteiger partial charge on any atom is -0.366 e. The molecule has 0 atom stereocenters. The lowest BCUT2D eigenvalue weighted by atomic mass is 10.2. The van der Waals surface area contributed by atoms with Crippen molar-refractivity contribution in [3.8, 4) is 5.69 Å². The van der Waals surface area contributed by atoms with Crippen molar-refractivity contribution < 1.29 is 8.42 Å². The van der Waals surface area contributed by atoms with E-state index < -0.39 is 10.0 Å². The summed E-state index contributed by atoms with van der Waals surface area (Å²) in [6, 6.07) is 13.3. The van der Waals surface area contributed by atoms with Gasteiger partial charge in [0, 0.05) is 32.0 Å². The summed E-state index contributed by atoms with van der Waals surface area (Å²) in [5.41, 5.74) is 3.03. The number of anilines is 1. The average molecular weight is 412 g/mol. The lowest BCUT2D eigenvalue weighted by Crippen LogP contribution is -2.35. The lowest BCUT2D eigenvalue weighted by Gasteiger charge is -2.25. The van der Waals surface area contributed by atoms with E-state index in [2.05, 4.69) is 15.4 Å². The van der Waals surface area contributed by atoms with E-state index in [-0.39, 0.29) is 4.90 Å². The largest absolute Gasteiger partial charge is 0.366 e. The van der Waals surface area contributed by atoms with Gasteiger partial charge in [-0.05, 0) is 49.6 Å². The van der Waals surface area contributed by atoms with Crippen LogP contribution in [-0.2, 0) is 16.6 Å². The van der Waals surface area contributed by atoms with Crippen LogP contribution in [0.15, 0.2) is 59.8 Å². The molecule has 1 aliphatic heterocycles. The Morgan fingerprint density at radius 1 is 1.03 bits per heavy atom. The van der Waals surface area contributed by atoms with E-state index in [1.54, 1.807) is 16.4 Å². The molecule has 152 valence electrons. The van der Waals surface area contributed by atoms with Gasteiger partial charge in [0.15, 0.2) is 0 Å². The predicted molar refractivity (Wildman–Crippen MR) is 112 cm³/mol. The number of rotatable bonds is 6. The number of nitrogens with one attached hydrogen (secondary N) is 1. The molecule has 0 unspecified atom stereocenters. The molecule has 1 N–H and O–H groups in total. The monoisotopic (exact) mass is 411 g/mol. The maximum Gasteiger partial charge on any atom is 0.244 e. The molecule has 1 saturated heterocycles. The van der Waals surface area contributed by atoms with Crippen LogP contribution in [0.2, 0.25) is 0 Å². The van der Waals surface area contributed by atoms with Gasteiger partial charge < -0.3 is 5.32 Å². The van der Waals surface area contributed by atoms with Crippen molar-refractivity contribution in [2.45, 2.75) is 37.6 Å². The molecule has 0 saturated carbocycles. The Bertz CT molecular complexity index is 1070. The van der Waals surface area contributed by atoms with Crippen molar-refractivity contribution in [3.05, 3.63) is 66.1 Å². The van der Waals surface area contributed by atoms with Crippen molar-refractivity contribution in [2.75, 3.05) is 18.4 Å². The standard InChI is InChI=1S/C21H25N5O2S/c1-17-11-14-26(24-17)20-8-4-3-7-18(20)15-22-21-10-9-19(16-23-21)29(27,28)25-12-5-2-6-13-25/h3-4,7-11,14,16H,2,5-6,12-13,15H2,1H3,(H,22,23). The third-order valence-corrected chi connectivity index (χ3v) is 6.99. The van der Waals surface area contributed by atoms with Gasteiger partial charge in [-0.25, -0.2) is 18.1 Å². The third kappa shape index (κ3) is 4.33. The number of aromatic nitrogens is 3. The molecule has 1 fully saturated rings. The molecule has 3 heterocycles. The molecule has 0 bridgehead atoms. The van der Waals surface area contributed by atoms with Crippen LogP contribution in [-0.4, -0.2) is 40.6 Å². The van der Waals surface area contributed by atoms with Gasteiger partial charge in [-0.3, -0.25) is 0 Å². The molecular formula is C21H25N5O2S. The molecule has 2 aromatic heterocycles. The Morgan fingerprint density at radius 2 is 1.83 bits per heavy atom. The average Bonchev–Trinajstić information content (AvgIpc) is 3.19. The molecule has 3 aromatic rings. The first-order chi connectivity index (χ1) is 14.0. The Labute approximate surface area is 171 Å². The van der Waals surface area contributed by atoms with Crippen LogP contribution >= 0.6 is 0 Å². The summed E-state index contributed by atoms with van der Waals surface area (Å²) in [5.74, 6) is 0.633. The summed E-state index contributed by atoms with van der Waals surface area (Å²) in [4.78, 5) is 4.57. The maximum atomic E-state index is 12.7. The summed E-state index contributed by atoms with van der Waals surface area (Å²) < 4.78 is 28.9. The minimum absolute atomic E-state index is 0.248. The fraction of sp³-hybridized carbons (Fsp3) is 0.333. The second-order valence-electron chi connectivity index (χ2n) is 7.23. The van der Waals surface area contributed by atoms with Crippen LogP contribution in [0.25, 0.3) is 5.69 Å². The molecule has 0 spiro atoms. The van der Waals surface area contributed by atoms with Crippen LogP contribution in [0.1, 0.15) is 30.5 Å². The smallest absolute Gasteiger partial charge is 0.244 e. The van der Waals surface area contributed by atoms with E-state index >= 15 is 0 Å². The highest BCUT2D eigenvalue weighted by atomic mass is 32.2. The van der Waals surface area contributed by atoms with E-state index in [0.29, 0.717) is 25.5 Å². The minimum atomic E-state index is -3.45. The molecular weight excluding hydrogens is 386 g/mol. The highest BCUT2D eigenvalue weighted by Gasteiger charge is 2.26. The van der Waals surface area contributed by atoms with Crippen molar-refractivity contribution in [2.24, 2.45) is 0 Å². The van der Waals surface area contributed by atoms with Gasteiger partial charge in [0.05, 0.1) is 11.4 Å². The highest BCUT2D eigenvalue weighted by molar-refractivity contribution is 7.89. The SMILES string of the molecule is Cc1ccn(-c2ccccc2CNc2ccc(S(=O)(=O)N3CCCCC3)cn2)n1. The second-order valence-corrected chi connectivity index (χ2v) is 9.17. The number of piperidine rings is 1. The van der Waals surface area contributed by atoms with Gasteiger partial charge in [0.25, 0.3) is 0 Å². The quantitative estimate of drug-likeness (QED) is 0.673. The first kappa shape index (κ1) is 19.6. The summed E-state index contributed by atoms with van der Waals surface area (Å²) in [7, 11) is -3.45. The zero-order valence-corrected chi connectivity index (χ0v) is 17.3. The second kappa shape index (κ2) is 8.34. The van der Waals surface area contributed by atoms with E-state index in [1.165, 1.54) is 6.20 Å². The Morgan fingerprint density at radius 3 is 2.52 bits per heavy atom. The molecule has 1 aliphatic rings. The zero-order chi connectivity index (χ0) is 20.3. The topological polar surface area (TPSA) is 80.1 Å². The molecule has 0 amide bonds. The number of hydrogen-bond acceptors (Lipinski definition) is 5. The van der Waals surface area contributed by atoms with Crippen molar-refractivity contribution in [1.29, 1.82) is 0 Å². The van der Waals surface area contributed by atoms with Crippen LogP contribution in [0, 0.1) is 6.92 Å². The number of nitrogens with zero attached hydrogens (tertiary/aromatic N) is 4. The first-order valence-corrected chi connectivity index (χ1v) is 11.3. The Kier molecular flexibility index (Phi) is 5.64. The normalized spacial score (nSPS) is 15.3. The summed E-state index contributed by atoms with van der Waals surface area (Å²) in [6.07, 6.45) is 6.30. The number of sulfonamides is 1. The van der Waals surface area contributed by atoms with Gasteiger partial charge in [-0.1, -0.05) is 24.6 Å². The van der Waals surface area contributed by atoms with Crippen LogP contribution in [0.5, 0.6) is 0 Å². The fourth-order valence-electron chi connectivity index (χ4n) is 3.51. The van der Waals surface area contributed by atoms with Crippen molar-refractivity contribution >= 4 is 15.8 Å². The van der Waals surface area contributed by atoms with E-state index in [9.17, 15) is 8.42 Å². The number of benzene rings is 1. The van der Waals surface area contributed by atoms with Gasteiger partial charge in [0.1, 0.15) is 10.7 Å². The Balaban J connectivity index is 1.47. The molecule has 0 aliphatic carbocycles. The molecule has 7 nitrogen and oxygen atoms in total. The maximum absolute atomic E-state index is 12.7. The fourth-order valence-corrected chi connectivity index (χ4v) is 4.97. The van der Waals surface area contributed by atoms with Gasteiger partial charge in [0.2, 0.25) is 10.0 Å². The van der Waals surface area contributed by atoms with Crippen molar-refractivity contribution in [3.63, 3.8) is 0 Å².